The summed E-state index contributed by atoms with van der Waals surface area (Å²) in [5.74, 6) is 0.489. The Morgan fingerprint density at radius 2 is 2.38 bits per heavy atom. The molecule has 1 aliphatic rings. The van der Waals surface area contributed by atoms with Crippen LogP contribution in [0.25, 0.3) is 0 Å². The Hall–Kier alpha value is -0.900. The second-order valence-corrected chi connectivity index (χ2v) is 4.28. The molecular weight excluding hydrogens is 184 g/mol. The zero-order valence-electron chi connectivity index (χ0n) is 7.78. The quantitative estimate of drug-likeness (QED) is 0.723. The summed E-state index contributed by atoms with van der Waals surface area (Å²) >= 11 is 1.53. The topological polar surface area (TPSA) is 33.2 Å². The van der Waals surface area contributed by atoms with E-state index < -0.39 is 0 Å². The van der Waals surface area contributed by atoms with Crippen molar-refractivity contribution in [1.82, 2.24) is 4.98 Å². The molecule has 1 heterocycles. The Bertz CT molecular complexity index is 330. The van der Waals surface area contributed by atoms with Crippen molar-refractivity contribution in [2.24, 2.45) is 5.92 Å². The van der Waals surface area contributed by atoms with Crippen LogP contribution in [-0.2, 0) is 4.79 Å². The van der Waals surface area contributed by atoms with Gasteiger partial charge in [-0.2, -0.15) is 0 Å². The Balaban J connectivity index is 2.11. The molecule has 0 bridgehead atoms. The molecule has 1 fully saturated rings. The molecule has 0 spiro atoms. The Labute approximate surface area is 81.4 Å². The molecule has 0 radical (unpaired) electrons. The van der Waals surface area contributed by atoms with Gasteiger partial charge >= 0.3 is 0 Å². The summed E-state index contributed by atoms with van der Waals surface area (Å²) in [6, 6.07) is 0. The maximum Gasteiger partial charge on any atom is 0.231 e. The summed E-state index contributed by atoms with van der Waals surface area (Å²) in [7, 11) is 1.80. The van der Waals surface area contributed by atoms with Crippen molar-refractivity contribution in [2.45, 2.75) is 19.8 Å². The monoisotopic (exact) mass is 196 g/mol. The van der Waals surface area contributed by atoms with E-state index in [0.717, 1.165) is 23.7 Å². The molecular formula is C9H12N2OS. The minimum absolute atomic E-state index is 0.217. The first-order valence-corrected chi connectivity index (χ1v) is 5.26. The van der Waals surface area contributed by atoms with Gasteiger partial charge in [0.15, 0.2) is 5.13 Å². The number of amides is 1. The van der Waals surface area contributed by atoms with E-state index in [9.17, 15) is 4.79 Å². The molecule has 0 aromatic carbocycles. The SMILES string of the molecule is Cc1csc(N(C)C(=O)C2CC2)n1. The Morgan fingerprint density at radius 1 is 1.69 bits per heavy atom. The first kappa shape index (κ1) is 8.69. The number of anilines is 1. The zero-order valence-corrected chi connectivity index (χ0v) is 8.60. The van der Waals surface area contributed by atoms with E-state index >= 15 is 0 Å². The summed E-state index contributed by atoms with van der Waals surface area (Å²) in [5.41, 5.74) is 0.982. The summed E-state index contributed by atoms with van der Waals surface area (Å²) in [6.45, 7) is 1.94. The van der Waals surface area contributed by atoms with Crippen LogP contribution >= 0.6 is 11.3 Å². The van der Waals surface area contributed by atoms with Gasteiger partial charge in [0.25, 0.3) is 0 Å². The highest BCUT2D eigenvalue weighted by molar-refractivity contribution is 7.14. The maximum absolute atomic E-state index is 11.6. The number of hydrogen-bond acceptors (Lipinski definition) is 3. The predicted molar refractivity (Wildman–Crippen MR) is 53.0 cm³/mol. The fraction of sp³-hybridized carbons (Fsp3) is 0.556. The van der Waals surface area contributed by atoms with Crippen molar-refractivity contribution in [3.05, 3.63) is 11.1 Å². The van der Waals surface area contributed by atoms with Crippen LogP contribution in [-0.4, -0.2) is 17.9 Å². The molecule has 4 heteroatoms. The van der Waals surface area contributed by atoms with Crippen molar-refractivity contribution >= 4 is 22.4 Å². The van der Waals surface area contributed by atoms with Crippen molar-refractivity contribution < 1.29 is 4.79 Å². The number of nitrogens with zero attached hydrogens (tertiary/aromatic N) is 2. The van der Waals surface area contributed by atoms with Gasteiger partial charge in [0, 0.05) is 18.3 Å². The molecule has 1 aliphatic carbocycles. The van der Waals surface area contributed by atoms with Crippen LogP contribution in [0.5, 0.6) is 0 Å². The van der Waals surface area contributed by atoms with E-state index in [2.05, 4.69) is 4.98 Å². The van der Waals surface area contributed by atoms with E-state index in [0.29, 0.717) is 0 Å². The van der Waals surface area contributed by atoms with E-state index in [1.807, 2.05) is 12.3 Å². The van der Waals surface area contributed by atoms with Gasteiger partial charge in [0.1, 0.15) is 0 Å². The van der Waals surface area contributed by atoms with E-state index in [1.165, 1.54) is 11.3 Å². The van der Waals surface area contributed by atoms with Gasteiger partial charge in [-0.1, -0.05) is 0 Å². The van der Waals surface area contributed by atoms with Crippen LogP contribution in [0, 0.1) is 12.8 Å². The van der Waals surface area contributed by atoms with Gasteiger partial charge in [-0.25, -0.2) is 4.98 Å². The van der Waals surface area contributed by atoms with Crippen LogP contribution in [0.4, 0.5) is 5.13 Å². The second kappa shape index (κ2) is 3.10. The van der Waals surface area contributed by atoms with Crippen molar-refractivity contribution in [3.63, 3.8) is 0 Å². The number of carbonyl (C=O) groups is 1. The van der Waals surface area contributed by atoms with Gasteiger partial charge in [0.2, 0.25) is 5.91 Å². The molecule has 0 aliphatic heterocycles. The third-order valence-electron chi connectivity index (χ3n) is 2.15. The van der Waals surface area contributed by atoms with E-state index in [-0.39, 0.29) is 11.8 Å². The molecule has 1 aromatic heterocycles. The lowest BCUT2D eigenvalue weighted by Gasteiger charge is -2.12. The normalized spacial score (nSPS) is 15.8. The lowest BCUT2D eigenvalue weighted by atomic mass is 10.4. The molecule has 3 nitrogen and oxygen atoms in total. The highest BCUT2D eigenvalue weighted by atomic mass is 32.1. The van der Waals surface area contributed by atoms with Gasteiger partial charge < -0.3 is 0 Å². The third-order valence-corrected chi connectivity index (χ3v) is 3.19. The average Bonchev–Trinajstić information content (AvgIpc) is 2.87. The summed E-state index contributed by atoms with van der Waals surface area (Å²) in [6.07, 6.45) is 2.10. The first-order chi connectivity index (χ1) is 6.18. The number of aryl methyl sites for hydroxylation is 1. The molecule has 1 saturated carbocycles. The van der Waals surface area contributed by atoms with E-state index in [4.69, 9.17) is 0 Å². The lowest BCUT2D eigenvalue weighted by molar-refractivity contribution is -0.119. The smallest absolute Gasteiger partial charge is 0.231 e. The molecule has 0 unspecified atom stereocenters. The van der Waals surface area contributed by atoms with Gasteiger partial charge in [-0.05, 0) is 19.8 Å². The van der Waals surface area contributed by atoms with Crippen LogP contribution in [0.1, 0.15) is 18.5 Å². The van der Waals surface area contributed by atoms with Crippen molar-refractivity contribution in [2.75, 3.05) is 11.9 Å². The number of hydrogen-bond donors (Lipinski definition) is 0. The highest BCUT2D eigenvalue weighted by Crippen LogP contribution is 2.32. The fourth-order valence-electron chi connectivity index (χ4n) is 1.19. The van der Waals surface area contributed by atoms with Crippen molar-refractivity contribution in [1.29, 1.82) is 0 Å². The number of carbonyl (C=O) groups excluding carboxylic acids is 1. The molecule has 70 valence electrons. The van der Waals surface area contributed by atoms with Crippen LogP contribution < -0.4 is 4.90 Å². The van der Waals surface area contributed by atoms with E-state index in [1.54, 1.807) is 11.9 Å². The van der Waals surface area contributed by atoms with Crippen LogP contribution in [0.2, 0.25) is 0 Å². The summed E-state index contributed by atoms with van der Waals surface area (Å²) in [5, 5.41) is 2.78. The Kier molecular flexibility index (Phi) is 2.07. The van der Waals surface area contributed by atoms with Crippen LogP contribution in [0.15, 0.2) is 5.38 Å². The standard InChI is InChI=1S/C9H12N2OS/c1-6-5-13-9(10-6)11(2)8(12)7-3-4-7/h5,7H,3-4H2,1-2H3. The molecule has 2 rings (SSSR count). The molecule has 0 atom stereocenters. The molecule has 1 aromatic rings. The van der Waals surface area contributed by atoms with Crippen LogP contribution in [0.3, 0.4) is 0 Å². The fourth-order valence-corrected chi connectivity index (χ4v) is 1.97. The highest BCUT2D eigenvalue weighted by Gasteiger charge is 2.33. The molecule has 1 amide bonds. The minimum atomic E-state index is 0.217. The van der Waals surface area contributed by atoms with Gasteiger partial charge in [0.05, 0.1) is 5.69 Å². The largest absolute Gasteiger partial charge is 0.291 e. The minimum Gasteiger partial charge on any atom is -0.291 e. The number of thiazole rings is 1. The number of rotatable bonds is 2. The van der Waals surface area contributed by atoms with Gasteiger partial charge in [-0.15, -0.1) is 11.3 Å². The number of aromatic nitrogens is 1. The molecule has 0 saturated heterocycles. The summed E-state index contributed by atoms with van der Waals surface area (Å²) in [4.78, 5) is 17.5. The maximum atomic E-state index is 11.6. The predicted octanol–water partition coefficient (Wildman–Crippen LogP) is 1.82. The summed E-state index contributed by atoms with van der Waals surface area (Å²) < 4.78 is 0. The lowest BCUT2D eigenvalue weighted by Crippen LogP contribution is -2.27. The zero-order chi connectivity index (χ0) is 9.42. The molecule has 0 N–H and O–H groups in total. The molecule has 13 heavy (non-hydrogen) atoms. The van der Waals surface area contributed by atoms with Crippen molar-refractivity contribution in [3.8, 4) is 0 Å². The average molecular weight is 196 g/mol. The Morgan fingerprint density at radius 3 is 2.85 bits per heavy atom. The first-order valence-electron chi connectivity index (χ1n) is 4.38. The second-order valence-electron chi connectivity index (χ2n) is 3.44. The van der Waals surface area contributed by atoms with Gasteiger partial charge in [-0.3, -0.25) is 9.69 Å². The third kappa shape index (κ3) is 1.72.